The van der Waals surface area contributed by atoms with Crippen molar-refractivity contribution in [2.24, 2.45) is 5.92 Å². The zero-order chi connectivity index (χ0) is 17.7. The second-order valence-electron chi connectivity index (χ2n) is 6.57. The number of rotatable bonds is 5. The van der Waals surface area contributed by atoms with Crippen LogP contribution in [0, 0.1) is 5.92 Å². The lowest BCUT2D eigenvalue weighted by Crippen LogP contribution is -2.42. The Morgan fingerprint density at radius 2 is 2.00 bits per heavy atom. The number of pyridine rings is 1. The number of piperidine rings is 1. The SMILES string of the molecule is CC(C)N1CCC(CC(=O)N[C@@H](c2ccccn2)C(F)(F)F)CC1. The minimum Gasteiger partial charge on any atom is -0.340 e. The normalized spacial score (nSPS) is 18.6. The molecule has 0 bridgehead atoms. The number of aromatic nitrogens is 1. The Labute approximate surface area is 140 Å². The van der Waals surface area contributed by atoms with Gasteiger partial charge in [-0.1, -0.05) is 6.07 Å². The number of hydrogen-bond acceptors (Lipinski definition) is 3. The molecule has 2 heterocycles. The molecule has 1 N–H and O–H groups in total. The number of nitrogens with one attached hydrogen (secondary N) is 1. The highest BCUT2D eigenvalue weighted by atomic mass is 19.4. The van der Waals surface area contributed by atoms with Crippen molar-refractivity contribution in [3.63, 3.8) is 0 Å². The van der Waals surface area contributed by atoms with E-state index in [4.69, 9.17) is 0 Å². The van der Waals surface area contributed by atoms with Gasteiger partial charge in [-0.25, -0.2) is 0 Å². The van der Waals surface area contributed by atoms with E-state index in [9.17, 15) is 18.0 Å². The molecule has 0 spiro atoms. The van der Waals surface area contributed by atoms with Crippen molar-refractivity contribution in [1.29, 1.82) is 0 Å². The highest BCUT2D eigenvalue weighted by molar-refractivity contribution is 5.76. The molecule has 0 saturated carbocycles. The summed E-state index contributed by atoms with van der Waals surface area (Å²) >= 11 is 0. The van der Waals surface area contributed by atoms with E-state index in [1.807, 2.05) is 0 Å². The van der Waals surface area contributed by atoms with Crippen molar-refractivity contribution in [1.82, 2.24) is 15.2 Å². The van der Waals surface area contributed by atoms with Crippen LogP contribution in [0.4, 0.5) is 13.2 Å². The summed E-state index contributed by atoms with van der Waals surface area (Å²) in [4.78, 5) is 18.2. The molecule has 7 heteroatoms. The third kappa shape index (κ3) is 5.19. The second kappa shape index (κ2) is 7.96. The lowest BCUT2D eigenvalue weighted by atomic mass is 9.92. The maximum atomic E-state index is 13.2. The van der Waals surface area contributed by atoms with Gasteiger partial charge >= 0.3 is 6.18 Å². The standard InChI is InChI=1S/C17H24F3N3O/c1-12(2)23-9-6-13(7-10-23)11-15(24)22-16(17(18,19)20)14-5-3-4-8-21-14/h3-5,8,12-13,16H,6-7,9-11H2,1-2H3,(H,22,24)/t16-/m0/s1. The molecule has 1 aromatic rings. The first kappa shape index (κ1) is 18.7. The predicted molar refractivity (Wildman–Crippen MR) is 85.2 cm³/mol. The molecule has 1 aliphatic heterocycles. The van der Waals surface area contributed by atoms with Crippen LogP contribution in [0.3, 0.4) is 0 Å². The number of alkyl halides is 3. The monoisotopic (exact) mass is 343 g/mol. The van der Waals surface area contributed by atoms with E-state index < -0.39 is 18.1 Å². The lowest BCUT2D eigenvalue weighted by Gasteiger charge is -2.34. The summed E-state index contributed by atoms with van der Waals surface area (Å²) in [6.07, 6.45) is -1.46. The van der Waals surface area contributed by atoms with E-state index in [1.165, 1.54) is 18.3 Å². The number of halogens is 3. The maximum Gasteiger partial charge on any atom is 0.414 e. The summed E-state index contributed by atoms with van der Waals surface area (Å²) < 4.78 is 39.7. The Morgan fingerprint density at radius 3 is 2.50 bits per heavy atom. The first-order valence-electron chi connectivity index (χ1n) is 8.28. The van der Waals surface area contributed by atoms with Gasteiger partial charge in [0.05, 0.1) is 5.69 Å². The van der Waals surface area contributed by atoms with Crippen molar-refractivity contribution >= 4 is 5.91 Å². The first-order chi connectivity index (χ1) is 11.3. The minimum absolute atomic E-state index is 0.130. The number of carbonyl (C=O) groups excluding carboxylic acids is 1. The van der Waals surface area contributed by atoms with Gasteiger partial charge in [0.2, 0.25) is 5.91 Å². The van der Waals surface area contributed by atoms with E-state index in [-0.39, 0.29) is 18.0 Å². The summed E-state index contributed by atoms with van der Waals surface area (Å²) in [5.41, 5.74) is -0.187. The summed E-state index contributed by atoms with van der Waals surface area (Å²) in [7, 11) is 0. The zero-order valence-electron chi connectivity index (χ0n) is 14.0. The molecule has 0 aliphatic carbocycles. The fraction of sp³-hybridized carbons (Fsp3) is 0.647. The van der Waals surface area contributed by atoms with E-state index in [0.29, 0.717) is 6.04 Å². The van der Waals surface area contributed by atoms with Gasteiger partial charge in [0.1, 0.15) is 0 Å². The van der Waals surface area contributed by atoms with Crippen LogP contribution in [0.15, 0.2) is 24.4 Å². The molecule has 1 fully saturated rings. The Balaban J connectivity index is 1.92. The Hall–Kier alpha value is -1.63. The zero-order valence-corrected chi connectivity index (χ0v) is 14.0. The summed E-state index contributed by atoms with van der Waals surface area (Å²) in [5.74, 6) is -0.427. The minimum atomic E-state index is -4.56. The van der Waals surface area contributed by atoms with Crippen LogP contribution in [0.25, 0.3) is 0 Å². The molecule has 0 radical (unpaired) electrons. The quantitative estimate of drug-likeness (QED) is 0.892. The van der Waals surface area contributed by atoms with Crippen LogP contribution >= 0.6 is 0 Å². The molecule has 0 unspecified atom stereocenters. The third-order valence-electron chi connectivity index (χ3n) is 4.47. The number of nitrogens with zero attached hydrogens (tertiary/aromatic N) is 2. The smallest absolute Gasteiger partial charge is 0.340 e. The van der Waals surface area contributed by atoms with Crippen LogP contribution in [-0.4, -0.2) is 41.1 Å². The van der Waals surface area contributed by atoms with Gasteiger partial charge in [-0.15, -0.1) is 0 Å². The van der Waals surface area contributed by atoms with E-state index >= 15 is 0 Å². The largest absolute Gasteiger partial charge is 0.414 e. The molecule has 2 rings (SSSR count). The maximum absolute atomic E-state index is 13.2. The van der Waals surface area contributed by atoms with E-state index in [2.05, 4.69) is 29.0 Å². The summed E-state index contributed by atoms with van der Waals surface area (Å²) in [5, 5.41) is 2.11. The molecular formula is C17H24F3N3O. The molecule has 24 heavy (non-hydrogen) atoms. The van der Waals surface area contributed by atoms with Gasteiger partial charge in [0, 0.05) is 18.7 Å². The molecule has 134 valence electrons. The molecular weight excluding hydrogens is 319 g/mol. The lowest BCUT2D eigenvalue weighted by molar-refractivity contribution is -0.164. The predicted octanol–water partition coefficient (Wildman–Crippen LogP) is 3.31. The molecule has 1 atom stereocenters. The first-order valence-corrected chi connectivity index (χ1v) is 8.28. The van der Waals surface area contributed by atoms with Crippen LogP contribution in [0.1, 0.15) is 44.8 Å². The van der Waals surface area contributed by atoms with E-state index in [0.717, 1.165) is 25.9 Å². The van der Waals surface area contributed by atoms with Crippen LogP contribution in [0.5, 0.6) is 0 Å². The topological polar surface area (TPSA) is 45.2 Å². The second-order valence-corrected chi connectivity index (χ2v) is 6.57. The Morgan fingerprint density at radius 1 is 1.33 bits per heavy atom. The Kier molecular flexibility index (Phi) is 6.21. The van der Waals surface area contributed by atoms with Crippen molar-refractivity contribution < 1.29 is 18.0 Å². The number of carbonyl (C=O) groups is 1. The number of likely N-dealkylation sites (tertiary alicyclic amines) is 1. The van der Waals surface area contributed by atoms with Crippen molar-refractivity contribution in [2.45, 2.75) is 51.4 Å². The average Bonchev–Trinajstić information content (AvgIpc) is 2.53. The third-order valence-corrected chi connectivity index (χ3v) is 4.47. The fourth-order valence-corrected chi connectivity index (χ4v) is 3.03. The van der Waals surface area contributed by atoms with Crippen molar-refractivity contribution in [3.05, 3.63) is 30.1 Å². The molecule has 1 aromatic heterocycles. The molecule has 1 aliphatic rings. The van der Waals surface area contributed by atoms with Gasteiger partial charge in [-0.3, -0.25) is 9.78 Å². The van der Waals surface area contributed by atoms with Gasteiger partial charge in [-0.05, 0) is 57.8 Å². The number of amides is 1. The van der Waals surface area contributed by atoms with Crippen molar-refractivity contribution in [2.75, 3.05) is 13.1 Å². The van der Waals surface area contributed by atoms with Crippen LogP contribution in [0.2, 0.25) is 0 Å². The highest BCUT2D eigenvalue weighted by Gasteiger charge is 2.43. The molecule has 4 nitrogen and oxygen atoms in total. The Bertz CT molecular complexity index is 526. The van der Waals surface area contributed by atoms with Gasteiger partial charge < -0.3 is 10.2 Å². The van der Waals surface area contributed by atoms with Crippen LogP contribution < -0.4 is 5.32 Å². The fourth-order valence-electron chi connectivity index (χ4n) is 3.03. The summed E-state index contributed by atoms with van der Waals surface area (Å²) in [6, 6.07) is 2.70. The van der Waals surface area contributed by atoms with E-state index in [1.54, 1.807) is 6.07 Å². The molecule has 1 saturated heterocycles. The average molecular weight is 343 g/mol. The molecule has 0 aromatic carbocycles. The number of hydrogen-bond donors (Lipinski definition) is 1. The van der Waals surface area contributed by atoms with Crippen molar-refractivity contribution in [3.8, 4) is 0 Å². The van der Waals surface area contributed by atoms with Gasteiger partial charge in [-0.2, -0.15) is 13.2 Å². The van der Waals surface area contributed by atoms with Gasteiger partial charge in [0.25, 0.3) is 0 Å². The highest BCUT2D eigenvalue weighted by Crippen LogP contribution is 2.32. The van der Waals surface area contributed by atoms with Crippen LogP contribution in [-0.2, 0) is 4.79 Å². The molecule has 1 amide bonds. The van der Waals surface area contributed by atoms with Gasteiger partial charge in [0.15, 0.2) is 6.04 Å². The summed E-state index contributed by atoms with van der Waals surface area (Å²) in [6.45, 7) is 6.01.